The molecule has 5 heteroatoms. The van der Waals surface area contributed by atoms with Gasteiger partial charge in [0.25, 0.3) is 0 Å². The summed E-state index contributed by atoms with van der Waals surface area (Å²) in [6, 6.07) is 0. The standard InChI is InChI=1S/C22H42O4S/c1-2-3-4-5-6-7-8-9-10-11-12-13-14-15-18-26-22(25)17-20-27-19-16-21(23)24/h2-20H2,1H3,(H,23,24). The summed E-state index contributed by atoms with van der Waals surface area (Å²) in [6.45, 7) is 2.79. The second-order valence-electron chi connectivity index (χ2n) is 7.32. The number of unbranched alkanes of at least 4 members (excludes halogenated alkanes) is 13. The van der Waals surface area contributed by atoms with E-state index in [0.717, 1.165) is 12.8 Å². The second kappa shape index (κ2) is 21.6. The molecule has 0 atom stereocenters. The van der Waals surface area contributed by atoms with Crippen LogP contribution in [0.25, 0.3) is 0 Å². The van der Waals surface area contributed by atoms with Crippen LogP contribution in [0.3, 0.4) is 0 Å². The van der Waals surface area contributed by atoms with Crippen LogP contribution in [0.1, 0.15) is 110 Å². The van der Waals surface area contributed by atoms with Gasteiger partial charge < -0.3 is 9.84 Å². The van der Waals surface area contributed by atoms with Crippen molar-refractivity contribution in [3.8, 4) is 0 Å². The minimum absolute atomic E-state index is 0.152. The average molecular weight is 403 g/mol. The molecule has 0 radical (unpaired) electrons. The number of carbonyl (C=O) groups excluding carboxylic acids is 1. The SMILES string of the molecule is CCCCCCCCCCCCCCCCOC(=O)CCSCCC(=O)O. The largest absolute Gasteiger partial charge is 0.481 e. The molecule has 0 aliphatic heterocycles. The summed E-state index contributed by atoms with van der Waals surface area (Å²) >= 11 is 1.49. The number of ether oxygens (including phenoxy) is 1. The van der Waals surface area contributed by atoms with E-state index >= 15 is 0 Å². The van der Waals surface area contributed by atoms with E-state index in [4.69, 9.17) is 9.84 Å². The first-order valence-corrected chi connectivity index (χ1v) is 12.3. The molecule has 160 valence electrons. The lowest BCUT2D eigenvalue weighted by atomic mass is 10.0. The molecule has 0 bridgehead atoms. The molecule has 0 aromatic carbocycles. The highest BCUT2D eigenvalue weighted by Crippen LogP contribution is 2.13. The van der Waals surface area contributed by atoms with Crippen molar-refractivity contribution in [2.24, 2.45) is 0 Å². The maximum atomic E-state index is 11.5. The normalized spacial score (nSPS) is 10.9. The van der Waals surface area contributed by atoms with Gasteiger partial charge >= 0.3 is 11.9 Å². The van der Waals surface area contributed by atoms with Crippen molar-refractivity contribution in [1.29, 1.82) is 0 Å². The third kappa shape index (κ3) is 23.3. The van der Waals surface area contributed by atoms with Crippen LogP contribution in [0.2, 0.25) is 0 Å². The van der Waals surface area contributed by atoms with E-state index < -0.39 is 5.97 Å². The smallest absolute Gasteiger partial charge is 0.306 e. The lowest BCUT2D eigenvalue weighted by Gasteiger charge is -2.05. The molecule has 0 aliphatic carbocycles. The van der Waals surface area contributed by atoms with E-state index in [2.05, 4.69) is 6.92 Å². The molecule has 0 saturated heterocycles. The van der Waals surface area contributed by atoms with Gasteiger partial charge in [-0.25, -0.2) is 0 Å². The first-order valence-electron chi connectivity index (χ1n) is 11.1. The minimum atomic E-state index is -0.789. The number of hydrogen-bond acceptors (Lipinski definition) is 4. The average Bonchev–Trinajstić information content (AvgIpc) is 2.64. The van der Waals surface area contributed by atoms with Gasteiger partial charge in [0, 0.05) is 11.5 Å². The second-order valence-corrected chi connectivity index (χ2v) is 8.55. The molecular weight excluding hydrogens is 360 g/mol. The van der Waals surface area contributed by atoms with Crippen molar-refractivity contribution >= 4 is 23.7 Å². The van der Waals surface area contributed by atoms with Crippen LogP contribution in [-0.4, -0.2) is 35.2 Å². The van der Waals surface area contributed by atoms with Crippen LogP contribution in [0.5, 0.6) is 0 Å². The Labute approximate surface area is 171 Å². The molecule has 4 nitrogen and oxygen atoms in total. The van der Waals surface area contributed by atoms with Crippen LogP contribution in [0.4, 0.5) is 0 Å². The molecule has 1 N–H and O–H groups in total. The molecule has 0 fully saturated rings. The summed E-state index contributed by atoms with van der Waals surface area (Å²) in [5.41, 5.74) is 0. The number of carboxylic acids is 1. The summed E-state index contributed by atoms with van der Waals surface area (Å²) in [5, 5.41) is 8.52. The number of carboxylic acid groups (broad SMARTS) is 1. The highest BCUT2D eigenvalue weighted by Gasteiger charge is 2.03. The van der Waals surface area contributed by atoms with E-state index in [-0.39, 0.29) is 12.4 Å². The monoisotopic (exact) mass is 402 g/mol. The fourth-order valence-corrected chi connectivity index (χ4v) is 3.81. The number of thioether (sulfide) groups is 1. The molecule has 0 aliphatic rings. The zero-order valence-electron chi connectivity index (χ0n) is 17.5. The number of rotatable bonds is 21. The van der Waals surface area contributed by atoms with Crippen LogP contribution in [0.15, 0.2) is 0 Å². The topological polar surface area (TPSA) is 63.6 Å². The van der Waals surface area contributed by atoms with E-state index in [1.165, 1.54) is 88.8 Å². The van der Waals surface area contributed by atoms with E-state index in [1.54, 1.807) is 0 Å². The zero-order chi connectivity index (χ0) is 20.0. The Balaban J connectivity index is 3.13. The van der Waals surface area contributed by atoms with Gasteiger partial charge in [0.2, 0.25) is 0 Å². The third-order valence-corrected chi connectivity index (χ3v) is 5.66. The van der Waals surface area contributed by atoms with Crippen LogP contribution >= 0.6 is 11.8 Å². The molecule has 0 saturated carbocycles. The van der Waals surface area contributed by atoms with Gasteiger partial charge in [0.15, 0.2) is 0 Å². The van der Waals surface area contributed by atoms with E-state index in [1.807, 2.05) is 0 Å². The van der Waals surface area contributed by atoms with Crippen LogP contribution < -0.4 is 0 Å². The molecule has 0 rings (SSSR count). The van der Waals surface area contributed by atoms with Crippen molar-refractivity contribution in [2.45, 2.75) is 110 Å². The molecule has 0 unspecified atom stereocenters. The first-order chi connectivity index (χ1) is 13.2. The van der Waals surface area contributed by atoms with Gasteiger partial charge in [-0.15, -0.1) is 0 Å². The zero-order valence-corrected chi connectivity index (χ0v) is 18.3. The van der Waals surface area contributed by atoms with Crippen molar-refractivity contribution in [3.63, 3.8) is 0 Å². The Morgan fingerprint density at radius 3 is 1.63 bits per heavy atom. The highest BCUT2D eigenvalue weighted by molar-refractivity contribution is 7.99. The third-order valence-electron chi connectivity index (χ3n) is 4.67. The van der Waals surface area contributed by atoms with Crippen molar-refractivity contribution in [1.82, 2.24) is 0 Å². The van der Waals surface area contributed by atoms with Gasteiger partial charge in [-0.05, 0) is 6.42 Å². The molecular formula is C22H42O4S. The van der Waals surface area contributed by atoms with Gasteiger partial charge in [0.1, 0.15) is 0 Å². The summed E-state index contributed by atoms with van der Waals surface area (Å²) in [5.74, 6) is 0.252. The number of hydrogen-bond donors (Lipinski definition) is 1. The lowest BCUT2D eigenvalue weighted by molar-refractivity contribution is -0.143. The van der Waals surface area contributed by atoms with Crippen molar-refractivity contribution in [3.05, 3.63) is 0 Å². The number of aliphatic carboxylic acids is 1. The predicted molar refractivity (Wildman–Crippen MR) is 115 cm³/mol. The highest BCUT2D eigenvalue weighted by atomic mass is 32.2. The Morgan fingerprint density at radius 2 is 1.15 bits per heavy atom. The van der Waals surface area contributed by atoms with Gasteiger partial charge in [-0.2, -0.15) is 11.8 Å². The first kappa shape index (κ1) is 26.3. The molecule has 0 spiro atoms. The summed E-state index contributed by atoms with van der Waals surface area (Å²) in [6.07, 6.45) is 19.0. The van der Waals surface area contributed by atoms with Crippen LogP contribution in [0, 0.1) is 0 Å². The molecule has 27 heavy (non-hydrogen) atoms. The lowest BCUT2D eigenvalue weighted by Crippen LogP contribution is -2.07. The molecule has 0 heterocycles. The fourth-order valence-electron chi connectivity index (χ4n) is 2.97. The predicted octanol–water partition coefficient (Wildman–Crippen LogP) is 6.61. The summed E-state index contributed by atoms with van der Waals surface area (Å²) in [4.78, 5) is 21.9. The van der Waals surface area contributed by atoms with Gasteiger partial charge in [0.05, 0.1) is 19.4 Å². The molecule has 0 amide bonds. The summed E-state index contributed by atoms with van der Waals surface area (Å²) in [7, 11) is 0. The number of esters is 1. The molecule has 0 aromatic rings. The van der Waals surface area contributed by atoms with Gasteiger partial charge in [-0.1, -0.05) is 90.4 Å². The molecule has 0 aromatic heterocycles. The Bertz CT molecular complexity index is 347. The van der Waals surface area contributed by atoms with E-state index in [9.17, 15) is 9.59 Å². The minimum Gasteiger partial charge on any atom is -0.481 e. The number of carbonyl (C=O) groups is 2. The van der Waals surface area contributed by atoms with Gasteiger partial charge in [-0.3, -0.25) is 9.59 Å². The maximum Gasteiger partial charge on any atom is 0.306 e. The summed E-state index contributed by atoms with van der Waals surface area (Å²) < 4.78 is 5.21. The quantitative estimate of drug-likeness (QED) is 0.173. The Kier molecular flexibility index (Phi) is 21.0. The van der Waals surface area contributed by atoms with Crippen LogP contribution in [-0.2, 0) is 14.3 Å². The maximum absolute atomic E-state index is 11.5. The Morgan fingerprint density at radius 1 is 0.704 bits per heavy atom. The Hall–Kier alpha value is -0.710. The fraction of sp³-hybridized carbons (Fsp3) is 0.909. The van der Waals surface area contributed by atoms with E-state index in [0.29, 0.717) is 24.5 Å². The van der Waals surface area contributed by atoms with Crippen molar-refractivity contribution in [2.75, 3.05) is 18.1 Å². The van der Waals surface area contributed by atoms with Crippen molar-refractivity contribution < 1.29 is 19.4 Å².